The Hall–Kier alpha value is -0.350. The standard InChI is InChI=1S/C17H30BrN3/c1-5-10-19-15(14-8-6-12(2)7-9-14)11-16-17(18)13(3)20-21(16)4/h12,14-15,19H,5-11H2,1-4H3. The van der Waals surface area contributed by atoms with Gasteiger partial charge in [-0.05, 0) is 60.5 Å². The van der Waals surface area contributed by atoms with Crippen molar-refractivity contribution < 1.29 is 0 Å². The number of nitrogens with one attached hydrogen (secondary N) is 1. The van der Waals surface area contributed by atoms with E-state index in [2.05, 4.69) is 54.2 Å². The number of halogens is 1. The maximum Gasteiger partial charge on any atom is 0.0738 e. The summed E-state index contributed by atoms with van der Waals surface area (Å²) < 4.78 is 3.24. The molecule has 1 fully saturated rings. The number of hydrogen-bond acceptors (Lipinski definition) is 2. The molecule has 2 rings (SSSR count). The van der Waals surface area contributed by atoms with Gasteiger partial charge in [0, 0.05) is 19.5 Å². The molecule has 1 saturated carbocycles. The molecule has 0 bridgehead atoms. The van der Waals surface area contributed by atoms with E-state index in [0.717, 1.165) is 30.5 Å². The van der Waals surface area contributed by atoms with E-state index in [4.69, 9.17) is 0 Å². The number of hydrogen-bond donors (Lipinski definition) is 1. The van der Waals surface area contributed by atoms with E-state index in [1.807, 2.05) is 4.68 Å². The van der Waals surface area contributed by atoms with Crippen LogP contribution in [-0.2, 0) is 13.5 Å². The molecule has 1 heterocycles. The molecule has 4 heteroatoms. The minimum Gasteiger partial charge on any atom is -0.313 e. The lowest BCUT2D eigenvalue weighted by Gasteiger charge is -2.33. The van der Waals surface area contributed by atoms with Crippen LogP contribution in [0.5, 0.6) is 0 Å². The Morgan fingerprint density at radius 3 is 2.52 bits per heavy atom. The highest BCUT2D eigenvalue weighted by atomic mass is 79.9. The average molecular weight is 356 g/mol. The molecule has 1 aromatic heterocycles. The first kappa shape index (κ1) is 17.0. The Labute approximate surface area is 138 Å². The van der Waals surface area contributed by atoms with Crippen LogP contribution in [0.25, 0.3) is 0 Å². The minimum absolute atomic E-state index is 0.587. The highest BCUT2D eigenvalue weighted by Crippen LogP contribution is 2.32. The van der Waals surface area contributed by atoms with Crippen molar-refractivity contribution in [2.75, 3.05) is 6.54 Å². The summed E-state index contributed by atoms with van der Waals surface area (Å²) in [5.74, 6) is 1.73. The third-order valence-electron chi connectivity index (χ3n) is 4.96. The molecule has 120 valence electrons. The van der Waals surface area contributed by atoms with Crippen molar-refractivity contribution in [2.45, 2.75) is 65.3 Å². The Kier molecular flexibility index (Phi) is 6.30. The summed E-state index contributed by atoms with van der Waals surface area (Å²) in [7, 11) is 2.06. The summed E-state index contributed by atoms with van der Waals surface area (Å²) in [5.41, 5.74) is 2.43. The summed E-state index contributed by atoms with van der Waals surface area (Å²) in [4.78, 5) is 0. The van der Waals surface area contributed by atoms with Gasteiger partial charge in [0.2, 0.25) is 0 Å². The van der Waals surface area contributed by atoms with Gasteiger partial charge in [-0.1, -0.05) is 26.7 Å². The molecule has 1 aromatic rings. The van der Waals surface area contributed by atoms with Crippen LogP contribution in [0, 0.1) is 18.8 Å². The van der Waals surface area contributed by atoms with Crippen LogP contribution in [0.4, 0.5) is 0 Å². The van der Waals surface area contributed by atoms with Crippen molar-refractivity contribution in [1.29, 1.82) is 0 Å². The molecule has 1 N–H and O–H groups in total. The van der Waals surface area contributed by atoms with Gasteiger partial charge in [0.25, 0.3) is 0 Å². The smallest absolute Gasteiger partial charge is 0.0738 e. The van der Waals surface area contributed by atoms with E-state index in [1.165, 1.54) is 42.3 Å². The fourth-order valence-corrected chi connectivity index (χ4v) is 4.03. The molecule has 1 unspecified atom stereocenters. The first-order valence-corrected chi connectivity index (χ1v) is 9.23. The van der Waals surface area contributed by atoms with Crippen molar-refractivity contribution >= 4 is 15.9 Å². The van der Waals surface area contributed by atoms with Crippen molar-refractivity contribution in [3.8, 4) is 0 Å². The molecule has 0 aliphatic heterocycles. The molecule has 1 aliphatic carbocycles. The predicted octanol–water partition coefficient (Wildman–Crippen LogP) is 4.23. The second-order valence-electron chi connectivity index (χ2n) is 6.75. The molecule has 3 nitrogen and oxygen atoms in total. The van der Waals surface area contributed by atoms with E-state index < -0.39 is 0 Å². The van der Waals surface area contributed by atoms with E-state index >= 15 is 0 Å². The van der Waals surface area contributed by atoms with E-state index in [-0.39, 0.29) is 0 Å². The zero-order valence-electron chi connectivity index (χ0n) is 14.0. The second kappa shape index (κ2) is 7.77. The fraction of sp³-hybridized carbons (Fsp3) is 0.824. The number of nitrogens with zero attached hydrogens (tertiary/aromatic N) is 2. The number of aryl methyl sites for hydroxylation is 2. The Bertz CT molecular complexity index is 447. The van der Waals surface area contributed by atoms with Gasteiger partial charge in [-0.2, -0.15) is 5.10 Å². The lowest BCUT2D eigenvalue weighted by atomic mass is 9.78. The van der Waals surface area contributed by atoms with Crippen molar-refractivity contribution in [3.05, 3.63) is 15.9 Å². The quantitative estimate of drug-likeness (QED) is 0.827. The Morgan fingerprint density at radius 1 is 1.33 bits per heavy atom. The lowest BCUT2D eigenvalue weighted by molar-refractivity contribution is 0.227. The Morgan fingerprint density at radius 2 is 2.00 bits per heavy atom. The van der Waals surface area contributed by atoms with E-state index in [1.54, 1.807) is 0 Å². The predicted molar refractivity (Wildman–Crippen MR) is 92.6 cm³/mol. The van der Waals surface area contributed by atoms with Crippen molar-refractivity contribution in [1.82, 2.24) is 15.1 Å². The molecule has 0 saturated heterocycles. The molecule has 0 radical (unpaired) electrons. The zero-order chi connectivity index (χ0) is 15.4. The topological polar surface area (TPSA) is 29.9 Å². The van der Waals surface area contributed by atoms with Gasteiger partial charge in [0.1, 0.15) is 0 Å². The second-order valence-corrected chi connectivity index (χ2v) is 7.55. The monoisotopic (exact) mass is 355 g/mol. The van der Waals surface area contributed by atoms with Crippen molar-refractivity contribution in [2.24, 2.45) is 18.9 Å². The fourth-order valence-electron chi connectivity index (χ4n) is 3.53. The maximum atomic E-state index is 4.54. The highest BCUT2D eigenvalue weighted by molar-refractivity contribution is 9.10. The molecule has 1 atom stereocenters. The van der Waals surface area contributed by atoms with Gasteiger partial charge < -0.3 is 5.32 Å². The highest BCUT2D eigenvalue weighted by Gasteiger charge is 2.27. The van der Waals surface area contributed by atoms with Crippen molar-refractivity contribution in [3.63, 3.8) is 0 Å². The molecular formula is C17H30BrN3. The third-order valence-corrected chi connectivity index (χ3v) is 5.99. The lowest BCUT2D eigenvalue weighted by Crippen LogP contribution is -2.40. The first-order valence-electron chi connectivity index (χ1n) is 8.44. The minimum atomic E-state index is 0.587. The summed E-state index contributed by atoms with van der Waals surface area (Å²) in [6.45, 7) is 7.83. The number of rotatable bonds is 6. The van der Waals surface area contributed by atoms with Gasteiger partial charge in [-0.3, -0.25) is 4.68 Å². The van der Waals surface area contributed by atoms with Gasteiger partial charge in [-0.25, -0.2) is 0 Å². The molecule has 21 heavy (non-hydrogen) atoms. The summed E-state index contributed by atoms with van der Waals surface area (Å²) in [6, 6.07) is 0.587. The first-order chi connectivity index (χ1) is 10.0. The largest absolute Gasteiger partial charge is 0.313 e. The summed E-state index contributed by atoms with van der Waals surface area (Å²) in [6.07, 6.45) is 7.80. The van der Waals surface area contributed by atoms with E-state index in [9.17, 15) is 0 Å². The van der Waals surface area contributed by atoms with Gasteiger partial charge in [-0.15, -0.1) is 0 Å². The Balaban J connectivity index is 2.08. The molecule has 0 spiro atoms. The van der Waals surface area contributed by atoms with Crippen LogP contribution in [-0.4, -0.2) is 22.4 Å². The summed E-state index contributed by atoms with van der Waals surface area (Å²) >= 11 is 3.72. The normalized spacial score (nSPS) is 24.2. The summed E-state index contributed by atoms with van der Waals surface area (Å²) in [5, 5.41) is 8.35. The van der Waals surface area contributed by atoms with Crippen LogP contribution < -0.4 is 5.32 Å². The van der Waals surface area contributed by atoms with Crippen LogP contribution in [0.3, 0.4) is 0 Å². The maximum absolute atomic E-state index is 4.54. The zero-order valence-corrected chi connectivity index (χ0v) is 15.5. The van der Waals surface area contributed by atoms with Crippen LogP contribution >= 0.6 is 15.9 Å². The SMILES string of the molecule is CCCNC(Cc1c(Br)c(C)nn1C)C1CCC(C)CC1. The third kappa shape index (κ3) is 4.32. The van der Waals surface area contributed by atoms with Gasteiger partial charge in [0.15, 0.2) is 0 Å². The van der Waals surface area contributed by atoms with Gasteiger partial charge in [0.05, 0.1) is 15.9 Å². The molecule has 0 amide bonds. The number of aromatic nitrogens is 2. The molecular weight excluding hydrogens is 326 g/mol. The van der Waals surface area contributed by atoms with E-state index in [0.29, 0.717) is 6.04 Å². The molecule has 0 aromatic carbocycles. The van der Waals surface area contributed by atoms with Crippen LogP contribution in [0.15, 0.2) is 4.47 Å². The van der Waals surface area contributed by atoms with Crippen LogP contribution in [0.2, 0.25) is 0 Å². The molecule has 1 aliphatic rings. The average Bonchev–Trinajstić information content (AvgIpc) is 2.70. The van der Waals surface area contributed by atoms with Crippen LogP contribution in [0.1, 0.15) is 57.3 Å². The van der Waals surface area contributed by atoms with Gasteiger partial charge >= 0.3 is 0 Å².